The van der Waals surface area contributed by atoms with Gasteiger partial charge in [0.2, 0.25) is 0 Å². The highest BCUT2D eigenvalue weighted by Crippen LogP contribution is 2.37. The predicted molar refractivity (Wildman–Crippen MR) is 165 cm³/mol. The second kappa shape index (κ2) is 13.0. The molecule has 0 amide bonds. The molecule has 2 aromatic heterocycles. The third-order valence-electron chi connectivity index (χ3n) is 7.35. The number of aromatic hydroxyl groups is 1. The standard InChI is InChI=1S/C16H15Cl2FN2O3.C13H11Cl2FN2O2/c1-9(22)8-24-13-6-10(12(19)7-11(13)17)14-15(18)20-4-2-3-5-21(20)16(14)23;14-8-6-9(16)7(5-10(8)19)11-12(15)17-3-1-2-4-18(17)13(11)20/h6-7H,2-5,8H2,1H3;5-6,19H,1-4H2. The zero-order valence-electron chi connectivity index (χ0n) is 23.3. The van der Waals surface area contributed by atoms with Crippen LogP contribution in [0.4, 0.5) is 8.78 Å². The first-order chi connectivity index (χ1) is 20.9. The number of fused-ring (bicyclic) bond motifs is 2. The lowest BCUT2D eigenvalue weighted by Gasteiger charge is -2.17. The first kappa shape index (κ1) is 32.2. The van der Waals surface area contributed by atoms with E-state index in [1.54, 1.807) is 9.36 Å². The van der Waals surface area contributed by atoms with Crippen LogP contribution in [0.15, 0.2) is 33.9 Å². The number of Topliss-reactive ketones (excluding diaryl/α,β-unsaturated/α-hetero) is 1. The van der Waals surface area contributed by atoms with Gasteiger partial charge in [-0.3, -0.25) is 23.7 Å². The van der Waals surface area contributed by atoms with Crippen molar-refractivity contribution in [1.82, 2.24) is 18.7 Å². The first-order valence-electron chi connectivity index (χ1n) is 13.7. The lowest BCUT2D eigenvalue weighted by Crippen LogP contribution is -2.27. The van der Waals surface area contributed by atoms with Crippen LogP contribution in [-0.4, -0.2) is 36.2 Å². The number of phenols is 1. The molecule has 0 fully saturated rings. The molecule has 1 N–H and O–H groups in total. The van der Waals surface area contributed by atoms with E-state index in [1.807, 2.05) is 0 Å². The van der Waals surface area contributed by atoms with Gasteiger partial charge in [-0.1, -0.05) is 46.4 Å². The minimum Gasteiger partial charge on any atom is -0.506 e. The molecule has 0 bridgehead atoms. The highest BCUT2D eigenvalue weighted by atomic mass is 35.5. The number of aromatic nitrogens is 4. The molecule has 15 heteroatoms. The molecule has 0 saturated heterocycles. The second-order valence-corrected chi connectivity index (χ2v) is 11.9. The molecule has 6 rings (SSSR count). The molecule has 0 radical (unpaired) electrons. The van der Waals surface area contributed by atoms with Gasteiger partial charge in [0.05, 0.1) is 21.2 Å². The largest absolute Gasteiger partial charge is 0.506 e. The van der Waals surface area contributed by atoms with Crippen molar-refractivity contribution in [2.24, 2.45) is 0 Å². The Morgan fingerprint density at radius 3 is 1.64 bits per heavy atom. The van der Waals surface area contributed by atoms with Crippen LogP contribution in [0.25, 0.3) is 22.3 Å². The summed E-state index contributed by atoms with van der Waals surface area (Å²) in [7, 11) is 0. The van der Waals surface area contributed by atoms with Gasteiger partial charge in [-0.25, -0.2) is 18.1 Å². The number of hydrogen-bond donors (Lipinski definition) is 1. The molecule has 234 valence electrons. The van der Waals surface area contributed by atoms with Gasteiger partial charge in [0, 0.05) is 37.3 Å². The SMILES string of the molecule is CC(=O)COc1cc(-c2c(Cl)n3n(c2=O)CCCC3)c(F)cc1Cl.O=c1c(-c2cc(O)c(Cl)cc2F)c(Cl)n2n1CCCC2. The maximum absolute atomic E-state index is 14.4. The topological polar surface area (TPSA) is 100 Å². The number of carbonyl (C=O) groups excluding carboxylic acids is 1. The van der Waals surface area contributed by atoms with Gasteiger partial charge in [-0.05, 0) is 56.9 Å². The number of rotatable bonds is 5. The van der Waals surface area contributed by atoms with Gasteiger partial charge in [0.1, 0.15) is 40.0 Å². The van der Waals surface area contributed by atoms with E-state index in [0.717, 1.165) is 43.9 Å². The smallest absolute Gasteiger partial charge is 0.276 e. The number of halogens is 6. The normalized spacial score (nSPS) is 14.0. The fourth-order valence-electron chi connectivity index (χ4n) is 5.24. The van der Waals surface area contributed by atoms with E-state index < -0.39 is 11.6 Å². The van der Waals surface area contributed by atoms with E-state index in [0.29, 0.717) is 26.2 Å². The first-order valence-corrected chi connectivity index (χ1v) is 15.2. The van der Waals surface area contributed by atoms with Gasteiger partial charge in [0.25, 0.3) is 11.1 Å². The van der Waals surface area contributed by atoms with Crippen LogP contribution in [-0.2, 0) is 31.0 Å². The van der Waals surface area contributed by atoms with Crippen molar-refractivity contribution in [3.8, 4) is 33.8 Å². The van der Waals surface area contributed by atoms with Gasteiger partial charge in [-0.2, -0.15) is 0 Å². The number of ketones is 1. The molecule has 2 aliphatic rings. The van der Waals surface area contributed by atoms with Gasteiger partial charge >= 0.3 is 0 Å². The van der Waals surface area contributed by atoms with Crippen molar-refractivity contribution in [1.29, 1.82) is 0 Å². The summed E-state index contributed by atoms with van der Waals surface area (Å²) in [6.07, 6.45) is 3.58. The Labute approximate surface area is 269 Å². The Bertz CT molecular complexity index is 1900. The molecule has 0 saturated carbocycles. The fraction of sp³-hybridized carbons (Fsp3) is 0.345. The Morgan fingerprint density at radius 1 is 0.750 bits per heavy atom. The summed E-state index contributed by atoms with van der Waals surface area (Å²) in [6, 6.07) is 4.48. The predicted octanol–water partition coefficient (Wildman–Crippen LogP) is 6.79. The number of nitrogens with zero attached hydrogens (tertiary/aromatic N) is 4. The fourth-order valence-corrected chi connectivity index (χ4v) is 6.32. The molecule has 0 spiro atoms. The number of phenolic OH excluding ortho intramolecular Hbond substituents is 1. The molecule has 2 aliphatic heterocycles. The number of carbonyl (C=O) groups is 1. The van der Waals surface area contributed by atoms with E-state index in [9.17, 15) is 28.3 Å². The van der Waals surface area contributed by atoms with Crippen molar-refractivity contribution in [3.63, 3.8) is 0 Å². The minimum absolute atomic E-state index is 0.0161. The summed E-state index contributed by atoms with van der Waals surface area (Å²) in [5.41, 5.74) is -0.564. The quantitative estimate of drug-likeness (QED) is 0.249. The van der Waals surface area contributed by atoms with Crippen LogP contribution >= 0.6 is 46.4 Å². The van der Waals surface area contributed by atoms with Crippen LogP contribution in [0, 0.1) is 11.6 Å². The Hall–Kier alpha value is -3.25. The summed E-state index contributed by atoms with van der Waals surface area (Å²) in [6.45, 7) is 3.50. The summed E-state index contributed by atoms with van der Waals surface area (Å²) < 4.78 is 40.1. The maximum atomic E-state index is 14.4. The van der Waals surface area contributed by atoms with Crippen LogP contribution in [0.1, 0.15) is 32.6 Å². The highest BCUT2D eigenvalue weighted by molar-refractivity contribution is 6.34. The molecule has 44 heavy (non-hydrogen) atoms. The molecule has 0 aliphatic carbocycles. The zero-order chi connectivity index (χ0) is 31.9. The van der Waals surface area contributed by atoms with Crippen LogP contribution in [0.2, 0.25) is 20.4 Å². The van der Waals surface area contributed by atoms with E-state index in [2.05, 4.69) is 0 Å². The molecule has 4 heterocycles. The van der Waals surface area contributed by atoms with Gasteiger partial charge < -0.3 is 9.84 Å². The summed E-state index contributed by atoms with van der Waals surface area (Å²) in [5.74, 6) is -1.71. The van der Waals surface area contributed by atoms with Crippen LogP contribution in [0.3, 0.4) is 0 Å². The van der Waals surface area contributed by atoms with Gasteiger partial charge in [0.15, 0.2) is 5.78 Å². The third-order valence-corrected chi connectivity index (χ3v) is 8.72. The number of hydrogen-bond acceptors (Lipinski definition) is 5. The van der Waals surface area contributed by atoms with Crippen molar-refractivity contribution < 1.29 is 23.4 Å². The van der Waals surface area contributed by atoms with E-state index in [4.69, 9.17) is 51.1 Å². The molecule has 0 atom stereocenters. The van der Waals surface area contributed by atoms with E-state index >= 15 is 0 Å². The van der Waals surface area contributed by atoms with Gasteiger partial charge in [-0.15, -0.1) is 0 Å². The zero-order valence-corrected chi connectivity index (χ0v) is 26.3. The van der Waals surface area contributed by atoms with E-state index in [-0.39, 0.29) is 77.6 Å². The van der Waals surface area contributed by atoms with Crippen molar-refractivity contribution in [2.45, 2.75) is 58.8 Å². The minimum atomic E-state index is -0.685. The highest BCUT2D eigenvalue weighted by Gasteiger charge is 2.26. The molecular formula is C29H26Cl4F2N4O5. The molecule has 9 nitrogen and oxygen atoms in total. The maximum Gasteiger partial charge on any atom is 0.276 e. The molecule has 0 unspecified atom stereocenters. The van der Waals surface area contributed by atoms with Crippen molar-refractivity contribution >= 4 is 52.2 Å². The third kappa shape index (κ3) is 6.02. The van der Waals surface area contributed by atoms with E-state index in [1.165, 1.54) is 22.4 Å². The van der Waals surface area contributed by atoms with Crippen LogP contribution < -0.4 is 15.9 Å². The summed E-state index contributed by atoms with van der Waals surface area (Å²) in [5, 5.41) is 9.92. The summed E-state index contributed by atoms with van der Waals surface area (Å²) in [4.78, 5) is 36.0. The summed E-state index contributed by atoms with van der Waals surface area (Å²) >= 11 is 24.1. The average molecular weight is 690 g/mol. The van der Waals surface area contributed by atoms with Crippen molar-refractivity contribution in [3.05, 3.63) is 77.0 Å². The Morgan fingerprint density at radius 2 is 1.18 bits per heavy atom. The average Bonchev–Trinajstić information content (AvgIpc) is 3.39. The lowest BCUT2D eigenvalue weighted by molar-refractivity contribution is -0.118. The molecule has 4 aromatic rings. The lowest BCUT2D eigenvalue weighted by atomic mass is 10.1. The number of benzene rings is 2. The number of ether oxygens (including phenoxy) is 1. The van der Waals surface area contributed by atoms with Crippen LogP contribution in [0.5, 0.6) is 11.5 Å². The Kier molecular flexibility index (Phi) is 9.50. The molecule has 2 aromatic carbocycles. The monoisotopic (exact) mass is 688 g/mol. The second-order valence-electron chi connectivity index (χ2n) is 10.4. The molecular weight excluding hydrogens is 664 g/mol. The Balaban J connectivity index is 0.000000177. The van der Waals surface area contributed by atoms with Crippen molar-refractivity contribution in [2.75, 3.05) is 6.61 Å².